The molecule has 0 amide bonds. The van der Waals surface area contributed by atoms with Crippen LogP contribution in [0, 0.1) is 0 Å². The van der Waals surface area contributed by atoms with Gasteiger partial charge in [-0.15, -0.1) is 0 Å². The first kappa shape index (κ1) is 43.8. The minimum absolute atomic E-state index is 0.924. The zero-order valence-electron chi connectivity index (χ0n) is 39.0. The molecule has 0 spiro atoms. The molecular formula is C67H51N3. The zero-order valence-corrected chi connectivity index (χ0v) is 39.0. The Bertz CT molecular complexity index is 3370. The molecule has 3 nitrogen and oxygen atoms in total. The summed E-state index contributed by atoms with van der Waals surface area (Å²) in [6, 6.07) is 87.5. The van der Waals surface area contributed by atoms with Gasteiger partial charge in [0.25, 0.3) is 0 Å². The van der Waals surface area contributed by atoms with Gasteiger partial charge in [0.05, 0.1) is 17.1 Å². The number of rotatable bonds is 14. The summed E-state index contributed by atoms with van der Waals surface area (Å²) in [6.45, 7) is 0. The van der Waals surface area contributed by atoms with Crippen molar-refractivity contribution in [1.29, 1.82) is 0 Å². The average Bonchev–Trinajstić information content (AvgIpc) is 3.45. The SMILES string of the molecule is c1ccc(-c2ccc(-c3cc(-c4cc(-c5ccccc5)ccn4)ccc3-c3ccccc3-c3cc(CCc4ccc(-c5ccccn5)cc4)cc(CCc4ccc(-c5ccccn5)cc4)c3)cc2)cc1. The van der Waals surface area contributed by atoms with Gasteiger partial charge in [-0.25, -0.2) is 0 Å². The molecule has 0 atom stereocenters. The van der Waals surface area contributed by atoms with Gasteiger partial charge in [-0.2, -0.15) is 0 Å². The molecule has 70 heavy (non-hydrogen) atoms. The number of aromatic nitrogens is 3. The van der Waals surface area contributed by atoms with E-state index in [1.165, 1.54) is 61.2 Å². The second-order valence-corrected chi connectivity index (χ2v) is 17.9. The molecule has 0 saturated carbocycles. The van der Waals surface area contributed by atoms with E-state index in [1.54, 1.807) is 0 Å². The van der Waals surface area contributed by atoms with Gasteiger partial charge in [0, 0.05) is 35.3 Å². The van der Waals surface area contributed by atoms with E-state index in [9.17, 15) is 0 Å². The lowest BCUT2D eigenvalue weighted by molar-refractivity contribution is 0.931. The monoisotopic (exact) mass is 897 g/mol. The molecule has 11 rings (SSSR count). The lowest BCUT2D eigenvalue weighted by atomic mass is 9.86. The van der Waals surface area contributed by atoms with Crippen LogP contribution in [0.2, 0.25) is 0 Å². The molecule has 0 radical (unpaired) electrons. The Kier molecular flexibility index (Phi) is 12.9. The summed E-state index contributed by atoms with van der Waals surface area (Å²) in [5.74, 6) is 0. The molecule has 3 aromatic heterocycles. The number of benzene rings is 8. The van der Waals surface area contributed by atoms with Crippen molar-refractivity contribution in [2.24, 2.45) is 0 Å². The van der Waals surface area contributed by atoms with E-state index < -0.39 is 0 Å². The van der Waals surface area contributed by atoms with Crippen molar-refractivity contribution < 1.29 is 0 Å². The first-order valence-electron chi connectivity index (χ1n) is 24.2. The van der Waals surface area contributed by atoms with Gasteiger partial charge in [0.2, 0.25) is 0 Å². The lowest BCUT2D eigenvalue weighted by Gasteiger charge is -2.18. The first-order chi connectivity index (χ1) is 34.7. The van der Waals surface area contributed by atoms with Crippen molar-refractivity contribution in [3.05, 3.63) is 283 Å². The van der Waals surface area contributed by atoms with Gasteiger partial charge in [0.1, 0.15) is 0 Å². The van der Waals surface area contributed by atoms with E-state index in [1.807, 2.05) is 42.9 Å². The quantitative estimate of drug-likeness (QED) is 0.109. The number of aryl methyl sites for hydroxylation is 4. The van der Waals surface area contributed by atoms with Crippen LogP contribution in [-0.2, 0) is 25.7 Å². The minimum Gasteiger partial charge on any atom is -0.256 e. The van der Waals surface area contributed by atoms with Crippen LogP contribution >= 0.6 is 0 Å². The molecule has 8 aromatic carbocycles. The summed E-state index contributed by atoms with van der Waals surface area (Å²) in [6.07, 6.45) is 9.35. The van der Waals surface area contributed by atoms with E-state index in [4.69, 9.17) is 4.98 Å². The van der Waals surface area contributed by atoms with Crippen LogP contribution in [0.15, 0.2) is 261 Å². The molecule has 334 valence electrons. The Morgan fingerprint density at radius 3 is 1.21 bits per heavy atom. The molecule has 3 heteroatoms. The van der Waals surface area contributed by atoms with E-state index >= 15 is 0 Å². The van der Waals surface area contributed by atoms with Crippen molar-refractivity contribution in [1.82, 2.24) is 15.0 Å². The number of hydrogen-bond donors (Lipinski definition) is 0. The number of nitrogens with zero attached hydrogens (tertiary/aromatic N) is 3. The maximum atomic E-state index is 4.92. The third kappa shape index (κ3) is 10.1. The topological polar surface area (TPSA) is 38.7 Å². The van der Waals surface area contributed by atoms with Crippen molar-refractivity contribution in [3.63, 3.8) is 0 Å². The molecule has 0 aliphatic heterocycles. The van der Waals surface area contributed by atoms with Gasteiger partial charge < -0.3 is 0 Å². The van der Waals surface area contributed by atoms with E-state index in [2.05, 4.69) is 228 Å². The Labute approximate surface area is 411 Å². The molecule has 0 unspecified atom stereocenters. The van der Waals surface area contributed by atoms with Crippen LogP contribution < -0.4 is 0 Å². The summed E-state index contributed by atoms with van der Waals surface area (Å²) in [5.41, 5.74) is 23.4. The molecule has 0 bridgehead atoms. The zero-order chi connectivity index (χ0) is 46.9. The van der Waals surface area contributed by atoms with Gasteiger partial charge in [-0.3, -0.25) is 15.0 Å². The second kappa shape index (κ2) is 20.6. The van der Waals surface area contributed by atoms with E-state index in [0.717, 1.165) is 76.1 Å². The largest absolute Gasteiger partial charge is 0.256 e. The van der Waals surface area contributed by atoms with Gasteiger partial charge in [-0.05, 0) is 146 Å². The van der Waals surface area contributed by atoms with E-state index in [-0.39, 0.29) is 0 Å². The fourth-order valence-corrected chi connectivity index (χ4v) is 9.55. The van der Waals surface area contributed by atoms with Crippen molar-refractivity contribution in [3.8, 4) is 89.4 Å². The Balaban J connectivity index is 0.969. The molecule has 0 fully saturated rings. The summed E-state index contributed by atoms with van der Waals surface area (Å²) in [7, 11) is 0. The predicted octanol–water partition coefficient (Wildman–Crippen LogP) is 16.8. The highest BCUT2D eigenvalue weighted by Crippen LogP contribution is 2.41. The maximum Gasteiger partial charge on any atom is 0.0708 e. The normalized spacial score (nSPS) is 11.1. The molecule has 3 heterocycles. The number of hydrogen-bond acceptors (Lipinski definition) is 3. The summed E-state index contributed by atoms with van der Waals surface area (Å²) in [4.78, 5) is 14.1. The molecule has 0 aliphatic carbocycles. The Morgan fingerprint density at radius 2 is 0.643 bits per heavy atom. The highest BCUT2D eigenvalue weighted by Gasteiger charge is 2.17. The van der Waals surface area contributed by atoms with Crippen LogP contribution in [-0.4, -0.2) is 15.0 Å². The summed E-state index contributed by atoms with van der Waals surface area (Å²) < 4.78 is 0. The van der Waals surface area contributed by atoms with E-state index in [0.29, 0.717) is 0 Å². The van der Waals surface area contributed by atoms with Gasteiger partial charge in [-0.1, -0.05) is 200 Å². The van der Waals surface area contributed by atoms with Crippen LogP contribution in [0.5, 0.6) is 0 Å². The lowest BCUT2D eigenvalue weighted by Crippen LogP contribution is -1.98. The highest BCUT2D eigenvalue weighted by molar-refractivity contribution is 5.94. The standard InChI is InChI=1S/C67H51N3/c1-3-13-52(14-4-1)54-33-35-55(36-34-54)64-46-59(67-47-58(39-42-70-67)53-15-5-2-6-16-53)37-38-63(64)62-18-8-7-17-61(62)60-44-50(23-21-48-25-29-56(30-26-48)65-19-9-11-40-68-65)43-51(45-60)24-22-49-27-31-57(32-28-49)66-20-10-12-41-69-66/h1-20,25-47H,21-24H2. The van der Waals surface area contributed by atoms with Gasteiger partial charge in [0.15, 0.2) is 0 Å². The Hall–Kier alpha value is -8.79. The molecular weight excluding hydrogens is 847 g/mol. The van der Waals surface area contributed by atoms with Crippen LogP contribution in [0.4, 0.5) is 0 Å². The van der Waals surface area contributed by atoms with Crippen LogP contribution in [0.3, 0.4) is 0 Å². The Morgan fingerprint density at radius 1 is 0.200 bits per heavy atom. The van der Waals surface area contributed by atoms with Crippen molar-refractivity contribution in [2.75, 3.05) is 0 Å². The summed E-state index contributed by atoms with van der Waals surface area (Å²) in [5, 5.41) is 0. The average molecular weight is 898 g/mol. The number of pyridine rings is 3. The maximum absolute atomic E-state index is 4.92. The minimum atomic E-state index is 0.924. The van der Waals surface area contributed by atoms with Crippen molar-refractivity contribution >= 4 is 0 Å². The van der Waals surface area contributed by atoms with Crippen LogP contribution in [0.1, 0.15) is 22.3 Å². The first-order valence-corrected chi connectivity index (χ1v) is 24.2. The van der Waals surface area contributed by atoms with Crippen LogP contribution in [0.25, 0.3) is 89.4 Å². The molecule has 0 N–H and O–H groups in total. The smallest absolute Gasteiger partial charge is 0.0708 e. The summed E-state index contributed by atoms with van der Waals surface area (Å²) >= 11 is 0. The fourth-order valence-electron chi connectivity index (χ4n) is 9.55. The van der Waals surface area contributed by atoms with Crippen molar-refractivity contribution in [2.45, 2.75) is 25.7 Å². The third-order valence-electron chi connectivity index (χ3n) is 13.3. The molecule has 0 saturated heterocycles. The second-order valence-electron chi connectivity index (χ2n) is 17.9. The molecule has 0 aliphatic rings. The highest BCUT2D eigenvalue weighted by atomic mass is 14.7. The molecule has 11 aromatic rings. The van der Waals surface area contributed by atoms with Gasteiger partial charge >= 0.3 is 0 Å². The fraction of sp³-hybridized carbons (Fsp3) is 0.0597. The predicted molar refractivity (Wildman–Crippen MR) is 291 cm³/mol. The third-order valence-corrected chi connectivity index (χ3v) is 13.3.